The third-order valence-corrected chi connectivity index (χ3v) is 5.35. The third kappa shape index (κ3) is 3.02. The SMILES string of the molecule is Cc1ccccc1C(=O)N1CC=C(c2c[nH]c3ccc(Br)cc23)CC1. The molecule has 0 atom stereocenters. The summed E-state index contributed by atoms with van der Waals surface area (Å²) >= 11 is 3.55. The number of nitrogens with zero attached hydrogens (tertiary/aromatic N) is 1. The molecule has 0 aliphatic carbocycles. The van der Waals surface area contributed by atoms with Gasteiger partial charge in [-0.2, -0.15) is 0 Å². The summed E-state index contributed by atoms with van der Waals surface area (Å²) in [5.74, 6) is 0.120. The predicted molar refractivity (Wildman–Crippen MR) is 106 cm³/mol. The van der Waals surface area contributed by atoms with Crippen LogP contribution in [0.25, 0.3) is 16.5 Å². The lowest BCUT2D eigenvalue weighted by atomic mass is 9.98. The van der Waals surface area contributed by atoms with Gasteiger partial charge in [0, 0.05) is 45.8 Å². The molecule has 0 saturated carbocycles. The molecule has 2 aromatic carbocycles. The zero-order valence-corrected chi connectivity index (χ0v) is 15.6. The standard InChI is InChI=1S/C21H19BrN2O/c1-14-4-2-3-5-17(14)21(25)24-10-8-15(9-11-24)19-13-23-20-7-6-16(22)12-18(19)20/h2-8,12-13,23H,9-11H2,1H3. The monoisotopic (exact) mass is 394 g/mol. The fourth-order valence-corrected chi connectivity index (χ4v) is 3.80. The van der Waals surface area contributed by atoms with Gasteiger partial charge in [-0.1, -0.05) is 40.2 Å². The number of fused-ring (bicyclic) bond motifs is 1. The zero-order valence-electron chi connectivity index (χ0n) is 14.1. The number of amides is 1. The average Bonchev–Trinajstić information content (AvgIpc) is 3.05. The van der Waals surface area contributed by atoms with Crippen LogP contribution in [0.5, 0.6) is 0 Å². The molecular weight excluding hydrogens is 376 g/mol. The van der Waals surface area contributed by atoms with Gasteiger partial charge in [0.25, 0.3) is 5.91 Å². The quantitative estimate of drug-likeness (QED) is 0.639. The second-order valence-corrected chi connectivity index (χ2v) is 7.35. The van der Waals surface area contributed by atoms with Crippen molar-refractivity contribution in [2.45, 2.75) is 13.3 Å². The van der Waals surface area contributed by atoms with Crippen molar-refractivity contribution in [1.82, 2.24) is 9.88 Å². The number of nitrogens with one attached hydrogen (secondary N) is 1. The highest BCUT2D eigenvalue weighted by Gasteiger charge is 2.21. The van der Waals surface area contributed by atoms with E-state index in [1.807, 2.05) is 42.2 Å². The molecule has 4 rings (SSSR count). The first kappa shape index (κ1) is 16.2. The number of aromatic amines is 1. The minimum absolute atomic E-state index is 0.120. The maximum Gasteiger partial charge on any atom is 0.254 e. The molecule has 25 heavy (non-hydrogen) atoms. The summed E-state index contributed by atoms with van der Waals surface area (Å²) in [5.41, 5.74) is 5.51. The van der Waals surface area contributed by atoms with Gasteiger partial charge < -0.3 is 9.88 Å². The van der Waals surface area contributed by atoms with E-state index >= 15 is 0 Å². The van der Waals surface area contributed by atoms with Gasteiger partial charge >= 0.3 is 0 Å². The van der Waals surface area contributed by atoms with Crippen LogP contribution in [0.1, 0.15) is 27.9 Å². The van der Waals surface area contributed by atoms with Crippen LogP contribution >= 0.6 is 15.9 Å². The summed E-state index contributed by atoms with van der Waals surface area (Å²) < 4.78 is 1.08. The van der Waals surface area contributed by atoms with Gasteiger partial charge in [-0.05, 0) is 48.7 Å². The number of carbonyl (C=O) groups excluding carboxylic acids is 1. The smallest absolute Gasteiger partial charge is 0.254 e. The van der Waals surface area contributed by atoms with E-state index in [0.29, 0.717) is 6.54 Å². The van der Waals surface area contributed by atoms with E-state index in [9.17, 15) is 4.79 Å². The normalized spacial score (nSPS) is 14.6. The van der Waals surface area contributed by atoms with Gasteiger partial charge in [0.2, 0.25) is 0 Å². The Morgan fingerprint density at radius 3 is 2.80 bits per heavy atom. The number of H-pyrrole nitrogens is 1. The van der Waals surface area contributed by atoms with E-state index in [2.05, 4.69) is 45.3 Å². The van der Waals surface area contributed by atoms with Crippen LogP contribution in [0.2, 0.25) is 0 Å². The van der Waals surface area contributed by atoms with E-state index in [0.717, 1.165) is 34.1 Å². The molecule has 1 amide bonds. The van der Waals surface area contributed by atoms with Crippen LogP contribution in [-0.2, 0) is 0 Å². The van der Waals surface area contributed by atoms with Crippen LogP contribution in [0.3, 0.4) is 0 Å². The Morgan fingerprint density at radius 1 is 1.20 bits per heavy atom. The molecule has 2 heterocycles. The zero-order chi connectivity index (χ0) is 17.4. The number of aryl methyl sites for hydroxylation is 1. The predicted octanol–water partition coefficient (Wildman–Crippen LogP) is 5.17. The summed E-state index contributed by atoms with van der Waals surface area (Å²) in [7, 11) is 0. The molecule has 0 bridgehead atoms. The Bertz CT molecular complexity index is 986. The highest BCUT2D eigenvalue weighted by Crippen LogP contribution is 2.31. The second kappa shape index (κ2) is 6.52. The molecule has 3 nitrogen and oxygen atoms in total. The van der Waals surface area contributed by atoms with Crippen molar-refractivity contribution in [3.8, 4) is 0 Å². The Morgan fingerprint density at radius 2 is 2.04 bits per heavy atom. The minimum Gasteiger partial charge on any atom is -0.361 e. The van der Waals surface area contributed by atoms with Gasteiger partial charge in [-0.15, -0.1) is 0 Å². The van der Waals surface area contributed by atoms with E-state index < -0.39 is 0 Å². The minimum atomic E-state index is 0.120. The van der Waals surface area contributed by atoms with E-state index in [1.165, 1.54) is 16.5 Å². The van der Waals surface area contributed by atoms with Crippen molar-refractivity contribution in [3.05, 3.63) is 75.9 Å². The van der Waals surface area contributed by atoms with E-state index in [1.54, 1.807) is 0 Å². The van der Waals surface area contributed by atoms with Crippen molar-refractivity contribution in [2.24, 2.45) is 0 Å². The maximum absolute atomic E-state index is 12.8. The molecule has 1 N–H and O–H groups in total. The molecule has 0 unspecified atom stereocenters. The van der Waals surface area contributed by atoms with Crippen molar-refractivity contribution in [3.63, 3.8) is 0 Å². The van der Waals surface area contributed by atoms with Crippen molar-refractivity contribution >= 4 is 38.3 Å². The molecule has 1 aliphatic heterocycles. The van der Waals surface area contributed by atoms with Gasteiger partial charge in [0.05, 0.1) is 0 Å². The number of benzene rings is 2. The third-order valence-electron chi connectivity index (χ3n) is 4.86. The summed E-state index contributed by atoms with van der Waals surface area (Å²) in [5, 5.41) is 1.22. The average molecular weight is 395 g/mol. The van der Waals surface area contributed by atoms with Crippen LogP contribution in [0.4, 0.5) is 0 Å². The summed E-state index contributed by atoms with van der Waals surface area (Å²) in [6.45, 7) is 3.39. The Kier molecular flexibility index (Phi) is 4.22. The number of aromatic nitrogens is 1. The Hall–Kier alpha value is -2.33. The van der Waals surface area contributed by atoms with Gasteiger partial charge in [0.15, 0.2) is 0 Å². The highest BCUT2D eigenvalue weighted by molar-refractivity contribution is 9.10. The molecule has 0 fully saturated rings. The lowest BCUT2D eigenvalue weighted by Crippen LogP contribution is -2.35. The van der Waals surface area contributed by atoms with Gasteiger partial charge in [0.1, 0.15) is 0 Å². The fourth-order valence-electron chi connectivity index (χ4n) is 3.44. The molecule has 126 valence electrons. The van der Waals surface area contributed by atoms with Crippen molar-refractivity contribution < 1.29 is 4.79 Å². The second-order valence-electron chi connectivity index (χ2n) is 6.44. The number of hydrogen-bond donors (Lipinski definition) is 1. The van der Waals surface area contributed by atoms with Gasteiger partial charge in [-0.25, -0.2) is 0 Å². The molecule has 4 heteroatoms. The maximum atomic E-state index is 12.8. The number of halogens is 1. The van der Waals surface area contributed by atoms with E-state index in [-0.39, 0.29) is 5.91 Å². The van der Waals surface area contributed by atoms with Crippen molar-refractivity contribution in [2.75, 3.05) is 13.1 Å². The van der Waals surface area contributed by atoms with Crippen LogP contribution in [0.15, 0.2) is 59.2 Å². The first-order chi connectivity index (χ1) is 12.1. The van der Waals surface area contributed by atoms with Crippen molar-refractivity contribution in [1.29, 1.82) is 0 Å². The number of carbonyl (C=O) groups is 1. The van der Waals surface area contributed by atoms with Gasteiger partial charge in [-0.3, -0.25) is 4.79 Å². The first-order valence-corrected chi connectivity index (χ1v) is 9.24. The molecule has 0 saturated heterocycles. The topological polar surface area (TPSA) is 36.1 Å². The first-order valence-electron chi connectivity index (χ1n) is 8.44. The van der Waals surface area contributed by atoms with Crippen LogP contribution < -0.4 is 0 Å². The molecular formula is C21H19BrN2O. The number of hydrogen-bond acceptors (Lipinski definition) is 1. The highest BCUT2D eigenvalue weighted by atomic mass is 79.9. The molecule has 1 aliphatic rings. The van der Waals surface area contributed by atoms with Crippen LogP contribution in [-0.4, -0.2) is 28.9 Å². The van der Waals surface area contributed by atoms with E-state index in [4.69, 9.17) is 0 Å². The summed E-state index contributed by atoms with van der Waals surface area (Å²) in [4.78, 5) is 18.0. The lowest BCUT2D eigenvalue weighted by Gasteiger charge is -2.27. The molecule has 0 spiro atoms. The summed E-state index contributed by atoms with van der Waals surface area (Å²) in [6, 6.07) is 14.1. The molecule has 0 radical (unpaired) electrons. The van der Waals surface area contributed by atoms with Crippen LogP contribution in [0, 0.1) is 6.92 Å². The Labute approximate surface area is 155 Å². The summed E-state index contributed by atoms with van der Waals surface area (Å²) in [6.07, 6.45) is 5.13. The largest absolute Gasteiger partial charge is 0.361 e. The lowest BCUT2D eigenvalue weighted by molar-refractivity contribution is 0.0772. The fraction of sp³-hybridized carbons (Fsp3) is 0.190. The molecule has 1 aromatic heterocycles. The molecule has 3 aromatic rings. The number of rotatable bonds is 2. The Balaban J connectivity index is 1.59.